The Morgan fingerprint density at radius 3 is 1.53 bits per heavy atom. The van der Waals surface area contributed by atoms with Gasteiger partial charge in [0.2, 0.25) is 29.7 Å². The number of nitrogens with one attached hydrogen (secondary N) is 1. The van der Waals surface area contributed by atoms with Crippen molar-refractivity contribution in [2.45, 2.75) is 36.5 Å². The standard InChI is InChI=1S/C29H25NO5S3/c31-28-26(36-23-15-7-2-8-16-23)21-29(27(30-28)22-13-5-1-6-14-22,37(32,33)24-17-9-3-10-18-24)38(34,35)25-19-11-4-12-20-25/h1-20,26-27H,21H2,(H,30,31)/t26-,27+/m0/s1. The maximum Gasteiger partial charge on any atom is 0.234 e. The molecule has 194 valence electrons. The van der Waals surface area contributed by atoms with E-state index in [0.29, 0.717) is 5.56 Å². The fourth-order valence-electron chi connectivity index (χ4n) is 4.83. The fraction of sp³-hybridized carbons (Fsp3) is 0.138. The molecule has 4 aromatic rings. The molecule has 1 aliphatic heterocycles. The lowest BCUT2D eigenvalue weighted by Gasteiger charge is -2.45. The third-order valence-corrected chi connectivity index (χ3v) is 13.6. The zero-order valence-electron chi connectivity index (χ0n) is 20.2. The molecule has 0 saturated carbocycles. The molecule has 4 aromatic carbocycles. The summed E-state index contributed by atoms with van der Waals surface area (Å²) in [4.78, 5) is 14.0. The summed E-state index contributed by atoms with van der Waals surface area (Å²) in [5.74, 6) is -0.421. The molecule has 1 heterocycles. The summed E-state index contributed by atoms with van der Waals surface area (Å²) in [7, 11) is -9.18. The lowest BCUT2D eigenvalue weighted by atomic mass is 9.95. The van der Waals surface area contributed by atoms with Gasteiger partial charge in [-0.05, 0) is 42.0 Å². The molecular formula is C29H25NO5S3. The van der Waals surface area contributed by atoms with Crippen molar-refractivity contribution in [3.8, 4) is 0 Å². The van der Waals surface area contributed by atoms with Crippen LogP contribution in [0.3, 0.4) is 0 Å². The highest BCUT2D eigenvalue weighted by Crippen LogP contribution is 2.51. The minimum Gasteiger partial charge on any atom is -0.346 e. The number of carbonyl (C=O) groups excluding carboxylic acids is 1. The maximum absolute atomic E-state index is 14.7. The highest BCUT2D eigenvalue weighted by Gasteiger charge is 2.65. The zero-order chi connectivity index (χ0) is 26.8. The van der Waals surface area contributed by atoms with Crippen molar-refractivity contribution < 1.29 is 21.6 Å². The van der Waals surface area contributed by atoms with Crippen LogP contribution in [0.1, 0.15) is 18.0 Å². The summed E-state index contributed by atoms with van der Waals surface area (Å²) in [6, 6.07) is 31.3. The van der Waals surface area contributed by atoms with Gasteiger partial charge in [-0.25, -0.2) is 16.8 Å². The topological polar surface area (TPSA) is 97.4 Å². The Bertz CT molecular complexity index is 1560. The molecule has 1 aliphatic rings. The molecule has 1 N–H and O–H groups in total. The fourth-order valence-corrected chi connectivity index (χ4v) is 11.5. The van der Waals surface area contributed by atoms with Gasteiger partial charge in [-0.1, -0.05) is 84.9 Å². The molecular weight excluding hydrogens is 539 g/mol. The quantitative estimate of drug-likeness (QED) is 0.338. The third-order valence-electron chi connectivity index (χ3n) is 6.66. The van der Waals surface area contributed by atoms with Gasteiger partial charge >= 0.3 is 0 Å². The summed E-state index contributed by atoms with van der Waals surface area (Å²) >= 11 is 1.15. The van der Waals surface area contributed by atoms with Crippen LogP contribution in [0, 0.1) is 0 Å². The smallest absolute Gasteiger partial charge is 0.234 e. The van der Waals surface area contributed by atoms with E-state index in [0.717, 1.165) is 16.7 Å². The molecule has 2 atom stereocenters. The normalized spacial score (nSPS) is 19.4. The Balaban J connectivity index is 1.81. The predicted molar refractivity (Wildman–Crippen MR) is 148 cm³/mol. The average Bonchev–Trinajstić information content (AvgIpc) is 2.95. The van der Waals surface area contributed by atoms with E-state index in [4.69, 9.17) is 0 Å². The van der Waals surface area contributed by atoms with Crippen molar-refractivity contribution >= 4 is 37.3 Å². The second-order valence-corrected chi connectivity index (χ2v) is 14.9. The van der Waals surface area contributed by atoms with Crippen molar-refractivity contribution in [2.24, 2.45) is 0 Å². The molecule has 0 unspecified atom stereocenters. The number of hydrogen-bond donors (Lipinski definition) is 1. The van der Waals surface area contributed by atoms with Gasteiger partial charge < -0.3 is 5.32 Å². The Morgan fingerprint density at radius 1 is 0.632 bits per heavy atom. The second kappa shape index (κ2) is 10.4. The van der Waals surface area contributed by atoms with Crippen molar-refractivity contribution in [2.75, 3.05) is 0 Å². The molecule has 5 rings (SSSR count). The number of amides is 1. The Kier molecular flexibility index (Phi) is 7.17. The van der Waals surface area contributed by atoms with Gasteiger partial charge in [-0.15, -0.1) is 11.8 Å². The Hall–Kier alpha value is -3.40. The molecule has 0 spiro atoms. The largest absolute Gasteiger partial charge is 0.346 e. The van der Waals surface area contributed by atoms with E-state index in [2.05, 4.69) is 5.32 Å². The van der Waals surface area contributed by atoms with Gasteiger partial charge in [-0.3, -0.25) is 4.79 Å². The van der Waals surface area contributed by atoms with Crippen molar-refractivity contribution in [3.63, 3.8) is 0 Å². The first-order valence-electron chi connectivity index (χ1n) is 11.9. The zero-order valence-corrected chi connectivity index (χ0v) is 22.6. The number of rotatable bonds is 7. The van der Waals surface area contributed by atoms with Crippen LogP contribution in [-0.4, -0.2) is 32.1 Å². The van der Waals surface area contributed by atoms with E-state index in [-0.39, 0.29) is 9.79 Å². The number of carbonyl (C=O) groups is 1. The van der Waals surface area contributed by atoms with Crippen LogP contribution in [0.5, 0.6) is 0 Å². The number of hydrogen-bond acceptors (Lipinski definition) is 6. The van der Waals surface area contributed by atoms with Crippen LogP contribution >= 0.6 is 11.8 Å². The highest BCUT2D eigenvalue weighted by molar-refractivity contribution is 8.10. The van der Waals surface area contributed by atoms with Crippen LogP contribution in [0.15, 0.2) is 136 Å². The van der Waals surface area contributed by atoms with Gasteiger partial charge in [0.1, 0.15) is 0 Å². The van der Waals surface area contributed by atoms with Gasteiger partial charge in [-0.2, -0.15) is 0 Å². The second-order valence-electron chi connectivity index (χ2n) is 8.92. The Labute approximate surface area is 227 Å². The molecule has 1 fully saturated rings. The first kappa shape index (κ1) is 26.2. The number of benzene rings is 4. The molecule has 0 radical (unpaired) electrons. The maximum atomic E-state index is 14.7. The number of piperidine rings is 1. The van der Waals surface area contributed by atoms with Gasteiger partial charge in [0, 0.05) is 11.3 Å². The first-order valence-corrected chi connectivity index (χ1v) is 15.8. The highest BCUT2D eigenvalue weighted by atomic mass is 32.3. The van der Waals surface area contributed by atoms with E-state index >= 15 is 0 Å². The molecule has 38 heavy (non-hydrogen) atoms. The Morgan fingerprint density at radius 2 is 1.05 bits per heavy atom. The molecule has 0 bridgehead atoms. The first-order chi connectivity index (χ1) is 18.3. The van der Waals surface area contributed by atoms with Crippen molar-refractivity contribution in [1.29, 1.82) is 0 Å². The lowest BCUT2D eigenvalue weighted by Crippen LogP contribution is -2.63. The summed E-state index contributed by atoms with van der Waals surface area (Å²) in [6.07, 6.45) is -0.438. The molecule has 1 saturated heterocycles. The summed E-state index contributed by atoms with van der Waals surface area (Å²) < 4.78 is 56.3. The van der Waals surface area contributed by atoms with E-state index in [1.165, 1.54) is 24.3 Å². The summed E-state index contributed by atoms with van der Waals surface area (Å²) in [5, 5.41) is 1.85. The van der Waals surface area contributed by atoms with Crippen LogP contribution in [0.2, 0.25) is 0 Å². The number of sulfone groups is 2. The van der Waals surface area contributed by atoms with Crippen LogP contribution < -0.4 is 5.32 Å². The third kappa shape index (κ3) is 4.44. The van der Waals surface area contributed by atoms with E-state index < -0.39 is 47.4 Å². The van der Waals surface area contributed by atoms with E-state index in [9.17, 15) is 21.6 Å². The molecule has 6 nitrogen and oxygen atoms in total. The molecule has 1 amide bonds. The predicted octanol–water partition coefficient (Wildman–Crippen LogP) is 5.05. The molecule has 9 heteroatoms. The van der Waals surface area contributed by atoms with Gasteiger partial charge in [0.25, 0.3) is 0 Å². The SMILES string of the molecule is O=C1N[C@H](c2ccccc2)C(S(=O)(=O)c2ccccc2)(S(=O)(=O)c2ccccc2)C[C@@H]1Sc1ccccc1. The van der Waals surface area contributed by atoms with Crippen LogP contribution in [0.4, 0.5) is 0 Å². The van der Waals surface area contributed by atoms with Crippen molar-refractivity contribution in [3.05, 3.63) is 127 Å². The van der Waals surface area contributed by atoms with E-state index in [1.54, 1.807) is 78.9 Å². The summed E-state index contributed by atoms with van der Waals surface area (Å²) in [5.41, 5.74) is 0.392. The monoisotopic (exact) mass is 563 g/mol. The van der Waals surface area contributed by atoms with Gasteiger partial charge in [0.15, 0.2) is 0 Å². The van der Waals surface area contributed by atoms with Gasteiger partial charge in [0.05, 0.1) is 21.1 Å². The van der Waals surface area contributed by atoms with Crippen molar-refractivity contribution in [1.82, 2.24) is 5.32 Å². The van der Waals surface area contributed by atoms with E-state index in [1.807, 2.05) is 18.2 Å². The van der Waals surface area contributed by atoms with Crippen LogP contribution in [0.25, 0.3) is 0 Å². The minimum absolute atomic E-state index is 0.125. The molecule has 0 aromatic heterocycles. The average molecular weight is 564 g/mol. The summed E-state index contributed by atoms with van der Waals surface area (Å²) in [6.45, 7) is 0. The minimum atomic E-state index is -4.59. The lowest BCUT2D eigenvalue weighted by molar-refractivity contribution is -0.122. The van der Waals surface area contributed by atoms with Crippen LogP contribution in [-0.2, 0) is 24.5 Å². The number of thioether (sulfide) groups is 1. The molecule has 0 aliphatic carbocycles.